The SMILES string of the molecule is O=C(O)CCCOc1c(Br)cc(Br)c2cccnc12. The Morgan fingerprint density at radius 3 is 2.89 bits per heavy atom. The van der Waals surface area contributed by atoms with E-state index >= 15 is 0 Å². The molecule has 0 saturated carbocycles. The number of aromatic nitrogens is 1. The van der Waals surface area contributed by atoms with Crippen LogP contribution in [0, 0.1) is 0 Å². The number of aliphatic carboxylic acids is 1. The molecule has 19 heavy (non-hydrogen) atoms. The van der Waals surface area contributed by atoms with Crippen LogP contribution in [0.25, 0.3) is 10.9 Å². The summed E-state index contributed by atoms with van der Waals surface area (Å²) in [5.41, 5.74) is 0.749. The van der Waals surface area contributed by atoms with E-state index in [1.807, 2.05) is 18.2 Å². The molecule has 0 atom stereocenters. The number of pyridine rings is 1. The summed E-state index contributed by atoms with van der Waals surface area (Å²) in [6.45, 7) is 0.345. The van der Waals surface area contributed by atoms with Crippen molar-refractivity contribution in [1.82, 2.24) is 4.98 Å². The van der Waals surface area contributed by atoms with E-state index in [2.05, 4.69) is 36.8 Å². The number of halogens is 2. The molecular weight excluding hydrogens is 378 g/mol. The van der Waals surface area contributed by atoms with Gasteiger partial charge < -0.3 is 9.84 Å². The molecule has 0 saturated heterocycles. The Hall–Kier alpha value is -1.14. The normalized spacial score (nSPS) is 10.6. The highest BCUT2D eigenvalue weighted by Gasteiger charge is 2.11. The van der Waals surface area contributed by atoms with E-state index in [0.717, 1.165) is 19.8 Å². The maximum atomic E-state index is 10.5. The van der Waals surface area contributed by atoms with Gasteiger partial charge in [-0.25, -0.2) is 0 Å². The van der Waals surface area contributed by atoms with E-state index in [-0.39, 0.29) is 6.42 Å². The minimum absolute atomic E-state index is 0.0967. The number of nitrogens with zero attached hydrogens (tertiary/aromatic N) is 1. The van der Waals surface area contributed by atoms with E-state index in [4.69, 9.17) is 9.84 Å². The minimum Gasteiger partial charge on any atom is -0.490 e. The van der Waals surface area contributed by atoms with Crippen molar-refractivity contribution in [1.29, 1.82) is 0 Å². The third kappa shape index (κ3) is 3.45. The predicted molar refractivity (Wildman–Crippen MR) is 79.5 cm³/mol. The summed E-state index contributed by atoms with van der Waals surface area (Å²) >= 11 is 6.92. The Kier molecular flexibility index (Phi) is 4.76. The fourth-order valence-corrected chi connectivity index (χ4v) is 3.07. The molecule has 0 amide bonds. The number of carboxylic acids is 1. The minimum atomic E-state index is -0.818. The molecule has 6 heteroatoms. The first-order valence-electron chi connectivity index (χ1n) is 5.67. The summed E-state index contributed by atoms with van der Waals surface area (Å²) in [6, 6.07) is 5.70. The fourth-order valence-electron chi connectivity index (χ4n) is 1.68. The Morgan fingerprint density at radius 1 is 1.37 bits per heavy atom. The third-order valence-electron chi connectivity index (χ3n) is 2.53. The molecule has 0 unspecified atom stereocenters. The van der Waals surface area contributed by atoms with Crippen molar-refractivity contribution in [3.05, 3.63) is 33.3 Å². The number of benzene rings is 1. The summed E-state index contributed by atoms with van der Waals surface area (Å²) in [5, 5.41) is 9.55. The van der Waals surface area contributed by atoms with Crippen LogP contribution < -0.4 is 4.74 Å². The monoisotopic (exact) mass is 387 g/mol. The van der Waals surface area contributed by atoms with Crippen LogP contribution in [0.15, 0.2) is 33.3 Å². The van der Waals surface area contributed by atoms with Crippen LogP contribution in [0.5, 0.6) is 5.75 Å². The van der Waals surface area contributed by atoms with Crippen LogP contribution in [0.1, 0.15) is 12.8 Å². The number of ether oxygens (including phenoxy) is 1. The lowest BCUT2D eigenvalue weighted by Gasteiger charge is -2.11. The van der Waals surface area contributed by atoms with E-state index in [0.29, 0.717) is 18.8 Å². The predicted octanol–water partition coefficient (Wildman–Crippen LogP) is 4.00. The van der Waals surface area contributed by atoms with Crippen molar-refractivity contribution in [3.8, 4) is 5.75 Å². The van der Waals surface area contributed by atoms with Crippen LogP contribution in [0.2, 0.25) is 0 Å². The summed E-state index contributed by atoms with van der Waals surface area (Å²) < 4.78 is 7.39. The number of hydrogen-bond donors (Lipinski definition) is 1. The second-order valence-corrected chi connectivity index (χ2v) is 5.62. The Bertz CT molecular complexity index is 616. The van der Waals surface area contributed by atoms with Crippen molar-refractivity contribution in [2.75, 3.05) is 6.61 Å². The Balaban J connectivity index is 2.24. The van der Waals surface area contributed by atoms with Gasteiger partial charge in [0.05, 0.1) is 11.1 Å². The molecule has 1 N–H and O–H groups in total. The van der Waals surface area contributed by atoms with Crippen LogP contribution in [0.4, 0.5) is 0 Å². The van der Waals surface area contributed by atoms with Gasteiger partial charge in [0.25, 0.3) is 0 Å². The lowest BCUT2D eigenvalue weighted by atomic mass is 10.2. The largest absolute Gasteiger partial charge is 0.490 e. The van der Waals surface area contributed by atoms with Crippen molar-refractivity contribution in [2.45, 2.75) is 12.8 Å². The zero-order valence-corrected chi connectivity index (χ0v) is 13.1. The zero-order valence-electron chi connectivity index (χ0n) is 9.90. The lowest BCUT2D eigenvalue weighted by Crippen LogP contribution is -2.03. The van der Waals surface area contributed by atoms with E-state index < -0.39 is 5.97 Å². The van der Waals surface area contributed by atoms with E-state index in [9.17, 15) is 4.79 Å². The smallest absolute Gasteiger partial charge is 0.303 e. The number of hydrogen-bond acceptors (Lipinski definition) is 3. The maximum Gasteiger partial charge on any atom is 0.303 e. The molecule has 100 valence electrons. The fraction of sp³-hybridized carbons (Fsp3) is 0.231. The number of rotatable bonds is 5. The number of carboxylic acid groups (broad SMARTS) is 1. The van der Waals surface area contributed by atoms with Gasteiger partial charge >= 0.3 is 5.97 Å². The second-order valence-electron chi connectivity index (χ2n) is 3.91. The molecule has 0 fully saturated rings. The summed E-state index contributed by atoms with van der Waals surface area (Å²) in [5.74, 6) is -0.175. The second kappa shape index (κ2) is 6.34. The van der Waals surface area contributed by atoms with Gasteiger partial charge in [-0.3, -0.25) is 9.78 Å². The first kappa shape index (κ1) is 14.3. The summed E-state index contributed by atoms with van der Waals surface area (Å²) in [4.78, 5) is 14.8. The lowest BCUT2D eigenvalue weighted by molar-refractivity contribution is -0.137. The average molecular weight is 389 g/mol. The summed E-state index contributed by atoms with van der Waals surface area (Å²) in [7, 11) is 0. The zero-order chi connectivity index (χ0) is 13.8. The molecule has 0 aliphatic heterocycles. The van der Waals surface area contributed by atoms with Crippen LogP contribution >= 0.6 is 31.9 Å². The van der Waals surface area contributed by atoms with E-state index in [1.54, 1.807) is 6.20 Å². The van der Waals surface area contributed by atoms with Gasteiger partial charge in [0, 0.05) is 22.5 Å². The van der Waals surface area contributed by atoms with Crippen LogP contribution in [-0.2, 0) is 4.79 Å². The van der Waals surface area contributed by atoms with Crippen LogP contribution in [0.3, 0.4) is 0 Å². The quantitative estimate of drug-likeness (QED) is 0.786. The van der Waals surface area contributed by atoms with Gasteiger partial charge in [0.15, 0.2) is 5.75 Å². The third-order valence-corrected chi connectivity index (χ3v) is 3.78. The highest BCUT2D eigenvalue weighted by Crippen LogP contribution is 2.37. The highest BCUT2D eigenvalue weighted by molar-refractivity contribution is 9.11. The van der Waals surface area contributed by atoms with Gasteiger partial charge in [-0.15, -0.1) is 0 Å². The average Bonchev–Trinajstić information content (AvgIpc) is 2.37. The van der Waals surface area contributed by atoms with Gasteiger partial charge in [0.1, 0.15) is 5.52 Å². The summed E-state index contributed by atoms with van der Waals surface area (Å²) in [6.07, 6.45) is 2.26. The molecule has 0 spiro atoms. The molecule has 0 radical (unpaired) electrons. The van der Waals surface area contributed by atoms with Gasteiger partial charge in [0.2, 0.25) is 0 Å². The molecule has 0 aliphatic rings. The standard InChI is InChI=1S/C13H11Br2NO3/c14-9-7-10(15)13(19-6-2-4-11(17)18)12-8(9)3-1-5-16-12/h1,3,5,7H,2,4,6H2,(H,17,18). The molecule has 0 aliphatic carbocycles. The topological polar surface area (TPSA) is 59.4 Å². The number of fused-ring (bicyclic) bond motifs is 1. The molecule has 1 aromatic carbocycles. The molecule has 4 nitrogen and oxygen atoms in total. The highest BCUT2D eigenvalue weighted by atomic mass is 79.9. The molecule has 0 bridgehead atoms. The first-order valence-corrected chi connectivity index (χ1v) is 7.25. The van der Waals surface area contributed by atoms with Gasteiger partial charge in [-0.05, 0) is 34.5 Å². The Morgan fingerprint density at radius 2 is 2.16 bits per heavy atom. The first-order chi connectivity index (χ1) is 9.09. The molecule has 2 aromatic rings. The molecule has 1 heterocycles. The Labute approximate surface area is 127 Å². The molecule has 2 rings (SSSR count). The van der Waals surface area contributed by atoms with Gasteiger partial charge in [-0.1, -0.05) is 22.0 Å². The van der Waals surface area contributed by atoms with Crippen molar-refractivity contribution in [2.24, 2.45) is 0 Å². The van der Waals surface area contributed by atoms with Crippen molar-refractivity contribution in [3.63, 3.8) is 0 Å². The van der Waals surface area contributed by atoms with Crippen molar-refractivity contribution < 1.29 is 14.6 Å². The maximum absolute atomic E-state index is 10.5. The van der Waals surface area contributed by atoms with Crippen LogP contribution in [-0.4, -0.2) is 22.7 Å². The van der Waals surface area contributed by atoms with Gasteiger partial charge in [-0.2, -0.15) is 0 Å². The molecular formula is C13H11Br2NO3. The van der Waals surface area contributed by atoms with Crippen molar-refractivity contribution >= 4 is 48.7 Å². The van der Waals surface area contributed by atoms with E-state index in [1.165, 1.54) is 0 Å². The number of carbonyl (C=O) groups is 1. The molecule has 1 aromatic heterocycles.